The third-order valence-electron chi connectivity index (χ3n) is 23.7. The fraction of sp³-hybridized carbons (Fsp3) is 0.639. The van der Waals surface area contributed by atoms with Gasteiger partial charge in [-0.1, -0.05) is 43.9 Å². The number of carboxylic acids is 3. The van der Waals surface area contributed by atoms with Crippen molar-refractivity contribution < 1.29 is 39.2 Å². The molecule has 6 N–H and O–H groups in total. The first-order valence-corrected chi connectivity index (χ1v) is 40.9. The van der Waals surface area contributed by atoms with E-state index in [-0.39, 0.29) is 12.2 Å². The van der Waals surface area contributed by atoms with Crippen molar-refractivity contribution in [1.82, 2.24) is 59.6 Å². The number of carboxylic acid groups (broad SMARTS) is 3. The van der Waals surface area contributed by atoms with Gasteiger partial charge in [-0.25, -0.2) is 44.9 Å². The number of aliphatic carboxylic acids is 3. The molecule has 3 saturated heterocycles. The molecule has 3 unspecified atom stereocenters. The highest BCUT2D eigenvalue weighted by molar-refractivity contribution is 5.77. The van der Waals surface area contributed by atoms with Crippen molar-refractivity contribution >= 4 is 35.4 Å². The van der Waals surface area contributed by atoms with Gasteiger partial charge >= 0.3 is 17.9 Å². The lowest BCUT2D eigenvalue weighted by Crippen LogP contribution is -2.34. The zero-order valence-corrected chi connectivity index (χ0v) is 62.1. The minimum atomic E-state index is -0.858. The molecule has 11 aliphatic rings. The Morgan fingerprint density at radius 1 is 0.443 bits per heavy atom. The van der Waals surface area contributed by atoms with Crippen LogP contribution in [0.2, 0.25) is 0 Å². The number of hydrogen-bond donors (Lipinski definition) is 6. The summed E-state index contributed by atoms with van der Waals surface area (Å²) in [5.74, 6) is 6.00. The fourth-order valence-corrected chi connectivity index (χ4v) is 16.9. The standard InChI is InChI=1S/C29H39N5O2.C28H37N5O3.C26H35N5O3/c35-29(36)26(24-17-31-28(22-10-11-22)33-25(24)20-8-9-20)34-16-14-19(18-34)5-2-1-3-7-23-13-12-21-6-4-15-30-27(21)32-23;34-28(35)25(23-16-30-27(20-8-9-20)32-24(23)18-6-7-18)33-14-12-22(17-33)36-15-2-1-5-21-11-10-19-4-3-13-29-26(19)31-21;32-26(33)23(22-15-27-17-29-25(22)34-21-10-11-21)31-14-12-18(16-31)5-2-1-3-7-20-9-8-19-6-4-13-28-24(19)30-20/h12-13,17,19-20,22,26H,1-11,14-16,18H2,(H,30,32)(H,35,36);10-11,16,18,20,22,25H,1-9,12-15,17H2,(H,29,31)(H,34,35);8-9,15,17-18,21,23H,1-7,10-14,16H2,(H,28,30)(H,32,33)/t19-,26?;22-,25?;18-,23?/m111/s1. The van der Waals surface area contributed by atoms with Crippen molar-refractivity contribution in [3.63, 3.8) is 0 Å². The molecule has 5 saturated carbocycles. The molecular weight excluding hydrogens is 1340 g/mol. The Bertz CT molecular complexity index is 3820. The molecule has 5 aliphatic carbocycles. The van der Waals surface area contributed by atoms with Gasteiger partial charge in [0, 0.05) is 123 Å². The third kappa shape index (κ3) is 19.5. The van der Waals surface area contributed by atoms with Gasteiger partial charge in [-0.2, -0.15) is 0 Å². The molecule has 17 rings (SSSR count). The van der Waals surface area contributed by atoms with Gasteiger partial charge in [0.15, 0.2) is 0 Å². The normalized spacial score (nSPS) is 22.2. The topological polar surface area (TPSA) is 292 Å². The van der Waals surface area contributed by atoms with Crippen LogP contribution in [0.3, 0.4) is 0 Å². The molecule has 23 heteroatoms. The zero-order chi connectivity index (χ0) is 72.3. The fourth-order valence-electron chi connectivity index (χ4n) is 16.9. The largest absolute Gasteiger partial charge is 0.480 e. The van der Waals surface area contributed by atoms with E-state index in [0.29, 0.717) is 60.1 Å². The van der Waals surface area contributed by atoms with E-state index in [1.54, 1.807) is 6.20 Å². The van der Waals surface area contributed by atoms with Gasteiger partial charge < -0.3 is 40.7 Å². The molecule has 566 valence electrons. The molecule has 0 aromatic carbocycles. The number of likely N-dealkylation sites (tertiary alicyclic amines) is 3. The number of unbranched alkanes of at least 4 members (excludes halogenated alkanes) is 5. The van der Waals surface area contributed by atoms with Crippen molar-refractivity contribution in [3.8, 4) is 5.88 Å². The number of rotatable bonds is 33. The average molecular weight is 1450 g/mol. The second-order valence-corrected chi connectivity index (χ2v) is 32.3. The highest BCUT2D eigenvalue weighted by atomic mass is 16.5. The molecule has 12 heterocycles. The Balaban J connectivity index is 0.000000127. The Hall–Kier alpha value is -7.86. The van der Waals surface area contributed by atoms with Gasteiger partial charge in [-0.15, -0.1) is 0 Å². The number of hydrogen-bond acceptors (Lipinski definition) is 20. The van der Waals surface area contributed by atoms with Gasteiger partial charge in [-0.3, -0.25) is 29.1 Å². The number of carbonyl (C=O) groups is 3. The van der Waals surface area contributed by atoms with E-state index in [2.05, 4.69) is 87.0 Å². The number of fused-ring (bicyclic) bond motifs is 3. The lowest BCUT2D eigenvalue weighted by Gasteiger charge is -2.26. The summed E-state index contributed by atoms with van der Waals surface area (Å²) in [5, 5.41) is 40.7. The van der Waals surface area contributed by atoms with Gasteiger partial charge in [-0.05, 0) is 240 Å². The number of nitrogens with zero attached hydrogens (tertiary/aromatic N) is 12. The van der Waals surface area contributed by atoms with Crippen LogP contribution in [0.15, 0.2) is 61.3 Å². The molecule has 0 bridgehead atoms. The first-order chi connectivity index (χ1) is 52.0. The van der Waals surface area contributed by atoms with Crippen LogP contribution in [0.1, 0.15) is 282 Å². The smallest absolute Gasteiger partial charge is 0.325 e. The van der Waals surface area contributed by atoms with Crippen LogP contribution in [-0.2, 0) is 57.6 Å². The van der Waals surface area contributed by atoms with Crippen LogP contribution >= 0.6 is 0 Å². The Kier molecular flexibility index (Phi) is 24.3. The monoisotopic (exact) mass is 1450 g/mol. The van der Waals surface area contributed by atoms with Gasteiger partial charge in [0.1, 0.15) is 59.7 Å². The molecule has 6 aromatic heterocycles. The summed E-state index contributed by atoms with van der Waals surface area (Å²) in [6, 6.07) is 11.2. The summed E-state index contributed by atoms with van der Waals surface area (Å²) < 4.78 is 12.1. The van der Waals surface area contributed by atoms with Gasteiger partial charge in [0.25, 0.3) is 0 Å². The van der Waals surface area contributed by atoms with E-state index in [4.69, 9.17) is 34.4 Å². The lowest BCUT2D eigenvalue weighted by atomic mass is 9.99. The van der Waals surface area contributed by atoms with Crippen molar-refractivity contribution in [2.24, 2.45) is 11.8 Å². The molecule has 6 aliphatic heterocycles. The Morgan fingerprint density at radius 3 is 1.32 bits per heavy atom. The predicted octanol–water partition coefficient (Wildman–Crippen LogP) is 13.5. The number of nitrogens with one attached hydrogen (secondary N) is 3. The number of ether oxygens (including phenoxy) is 2. The van der Waals surface area contributed by atoms with E-state index in [1.807, 2.05) is 12.4 Å². The van der Waals surface area contributed by atoms with E-state index in [9.17, 15) is 29.7 Å². The van der Waals surface area contributed by atoms with E-state index in [0.717, 1.165) is 251 Å². The van der Waals surface area contributed by atoms with Crippen LogP contribution in [0.25, 0.3) is 0 Å². The summed E-state index contributed by atoms with van der Waals surface area (Å²) in [6.45, 7) is 8.43. The minimum absolute atomic E-state index is 0.0777. The highest BCUT2D eigenvalue weighted by Gasteiger charge is 2.43. The zero-order valence-electron chi connectivity index (χ0n) is 62.1. The summed E-state index contributed by atoms with van der Waals surface area (Å²) in [4.78, 5) is 85.0. The second kappa shape index (κ2) is 35.0. The van der Waals surface area contributed by atoms with Crippen LogP contribution in [0, 0.1) is 11.8 Å². The van der Waals surface area contributed by atoms with Crippen molar-refractivity contribution in [2.45, 2.75) is 259 Å². The lowest BCUT2D eigenvalue weighted by molar-refractivity contribution is -0.144. The van der Waals surface area contributed by atoms with Gasteiger partial charge in [0.2, 0.25) is 5.88 Å². The summed E-state index contributed by atoms with van der Waals surface area (Å²) >= 11 is 0. The maximum Gasteiger partial charge on any atom is 0.325 e. The predicted molar refractivity (Wildman–Crippen MR) is 404 cm³/mol. The van der Waals surface area contributed by atoms with E-state index >= 15 is 0 Å². The number of aryl methyl sites for hydroxylation is 6. The molecule has 0 amide bonds. The Morgan fingerprint density at radius 2 is 0.877 bits per heavy atom. The molecule has 0 radical (unpaired) electrons. The molecule has 6 atom stereocenters. The van der Waals surface area contributed by atoms with Gasteiger partial charge in [0.05, 0.1) is 23.1 Å². The number of anilines is 3. The SMILES string of the molecule is O=C(O)C(c1cnc(C2CC2)nc1C1CC1)N1CC[C@@H](CCCCCc2ccc3c(n2)NCCC3)C1.O=C(O)C(c1cnc(C2CC2)nc1C1CC1)N1CC[C@@H](OCCCCc2ccc3c(n2)NCCC3)C1.O=C(O)C(c1cncnc1OC1CC1)N1CC[C@@H](CCCCCc2ccc3c(n2)NCCC3)C1. The molecular formula is C83H111N15O8. The van der Waals surface area contributed by atoms with E-state index in [1.165, 1.54) is 98.6 Å². The van der Waals surface area contributed by atoms with Crippen molar-refractivity contribution in [3.05, 3.63) is 135 Å². The maximum absolute atomic E-state index is 12.4. The molecule has 8 fully saturated rings. The summed E-state index contributed by atoms with van der Waals surface area (Å²) in [7, 11) is 0. The molecule has 23 nitrogen and oxygen atoms in total. The summed E-state index contributed by atoms with van der Waals surface area (Å²) in [5.41, 5.74) is 11.8. The van der Waals surface area contributed by atoms with Crippen LogP contribution in [0.5, 0.6) is 5.88 Å². The van der Waals surface area contributed by atoms with E-state index < -0.39 is 36.0 Å². The van der Waals surface area contributed by atoms with Crippen molar-refractivity contribution in [1.29, 1.82) is 0 Å². The highest BCUT2D eigenvalue weighted by Crippen LogP contribution is 2.48. The first kappa shape index (κ1) is 73.6. The van der Waals surface area contributed by atoms with Crippen molar-refractivity contribution in [2.75, 3.05) is 81.5 Å². The number of pyridine rings is 3. The van der Waals surface area contributed by atoms with Crippen LogP contribution in [0.4, 0.5) is 17.5 Å². The van der Waals surface area contributed by atoms with Crippen LogP contribution in [-0.4, -0.2) is 171 Å². The average Bonchev–Trinajstić information content (AvgIpc) is 1.63. The Labute approximate surface area is 624 Å². The molecule has 0 spiro atoms. The first-order valence-electron chi connectivity index (χ1n) is 40.9. The third-order valence-corrected chi connectivity index (χ3v) is 23.7. The number of aromatic nitrogens is 9. The maximum atomic E-state index is 12.4. The second-order valence-electron chi connectivity index (χ2n) is 32.3. The molecule has 106 heavy (non-hydrogen) atoms. The molecule has 6 aromatic rings. The summed E-state index contributed by atoms with van der Waals surface area (Å²) in [6.07, 6.45) is 42.4. The van der Waals surface area contributed by atoms with Crippen LogP contribution < -0.4 is 20.7 Å². The minimum Gasteiger partial charge on any atom is -0.480 e. The quantitative estimate of drug-likeness (QED) is 0.0209.